The summed E-state index contributed by atoms with van der Waals surface area (Å²) in [6.07, 6.45) is 3.60. The summed E-state index contributed by atoms with van der Waals surface area (Å²) in [5, 5.41) is 0. The molecule has 2 rings (SSSR count). The van der Waals surface area contributed by atoms with E-state index in [1.54, 1.807) is 11.1 Å². The fourth-order valence-corrected chi connectivity index (χ4v) is 1.61. The Labute approximate surface area is 76.6 Å². The van der Waals surface area contributed by atoms with Crippen LogP contribution in [0.5, 0.6) is 0 Å². The van der Waals surface area contributed by atoms with Crippen LogP contribution in [0.3, 0.4) is 0 Å². The van der Waals surface area contributed by atoms with Gasteiger partial charge in [-0.2, -0.15) is 0 Å². The monoisotopic (exact) mass is 177 g/mol. The number of hydrogen-bond acceptors (Lipinski definition) is 3. The summed E-state index contributed by atoms with van der Waals surface area (Å²) in [6.45, 7) is 3.97. The zero-order valence-electron chi connectivity index (χ0n) is 7.69. The fraction of sp³-hybridized carbons (Fsp3) is 0.444. The summed E-state index contributed by atoms with van der Waals surface area (Å²) >= 11 is 0. The molecule has 1 aromatic heterocycles. The standard InChI is InChI=1S/C9H11N3O/c1-6(2)12-8-4-10-5-11-7(8)3-9(12)13/h4-6H,3H2,1-2H3. The molecule has 0 spiro atoms. The van der Waals surface area contributed by atoms with Crippen LogP contribution < -0.4 is 4.90 Å². The second kappa shape index (κ2) is 2.80. The summed E-state index contributed by atoms with van der Waals surface area (Å²) in [7, 11) is 0. The van der Waals surface area contributed by atoms with Crippen molar-refractivity contribution in [2.24, 2.45) is 0 Å². The SMILES string of the molecule is CC(C)N1C(=O)Cc2ncncc21. The Morgan fingerprint density at radius 1 is 1.54 bits per heavy atom. The molecule has 0 bridgehead atoms. The topological polar surface area (TPSA) is 46.1 Å². The van der Waals surface area contributed by atoms with Gasteiger partial charge in [0, 0.05) is 6.04 Å². The third kappa shape index (κ3) is 1.18. The van der Waals surface area contributed by atoms with Crippen LogP contribution in [-0.4, -0.2) is 21.9 Å². The first kappa shape index (κ1) is 8.16. The number of carbonyl (C=O) groups is 1. The van der Waals surface area contributed by atoms with Crippen molar-refractivity contribution in [2.75, 3.05) is 4.90 Å². The van der Waals surface area contributed by atoms with E-state index >= 15 is 0 Å². The molecule has 1 aliphatic heterocycles. The minimum absolute atomic E-state index is 0.116. The number of carbonyl (C=O) groups excluding carboxylic acids is 1. The van der Waals surface area contributed by atoms with Crippen LogP contribution in [-0.2, 0) is 11.2 Å². The van der Waals surface area contributed by atoms with Crippen molar-refractivity contribution in [2.45, 2.75) is 26.3 Å². The lowest BCUT2D eigenvalue weighted by Crippen LogP contribution is -2.33. The second-order valence-corrected chi connectivity index (χ2v) is 3.39. The van der Waals surface area contributed by atoms with Gasteiger partial charge in [-0.1, -0.05) is 0 Å². The molecule has 4 nitrogen and oxygen atoms in total. The van der Waals surface area contributed by atoms with Gasteiger partial charge in [0.05, 0.1) is 24.0 Å². The van der Waals surface area contributed by atoms with Crippen LogP contribution in [0.25, 0.3) is 0 Å². The molecule has 4 heteroatoms. The van der Waals surface area contributed by atoms with Crippen LogP contribution in [0.15, 0.2) is 12.5 Å². The van der Waals surface area contributed by atoms with E-state index in [0.29, 0.717) is 6.42 Å². The van der Waals surface area contributed by atoms with Crippen molar-refractivity contribution < 1.29 is 4.79 Å². The van der Waals surface area contributed by atoms with E-state index in [9.17, 15) is 4.79 Å². The molecule has 0 saturated carbocycles. The zero-order valence-corrected chi connectivity index (χ0v) is 7.69. The highest BCUT2D eigenvalue weighted by Crippen LogP contribution is 2.27. The van der Waals surface area contributed by atoms with Crippen LogP contribution in [0, 0.1) is 0 Å². The Morgan fingerprint density at radius 2 is 2.31 bits per heavy atom. The molecule has 0 unspecified atom stereocenters. The molecule has 2 heterocycles. The highest BCUT2D eigenvalue weighted by atomic mass is 16.2. The van der Waals surface area contributed by atoms with Crippen molar-refractivity contribution in [1.82, 2.24) is 9.97 Å². The molecule has 0 saturated heterocycles. The third-order valence-electron chi connectivity index (χ3n) is 2.14. The number of anilines is 1. The minimum Gasteiger partial charge on any atom is -0.306 e. The summed E-state index contributed by atoms with van der Waals surface area (Å²) in [6, 6.07) is 0.180. The molecule has 1 aliphatic rings. The van der Waals surface area contributed by atoms with Gasteiger partial charge in [-0.25, -0.2) is 9.97 Å². The van der Waals surface area contributed by atoms with Crippen LogP contribution in [0.2, 0.25) is 0 Å². The molecule has 68 valence electrons. The number of fused-ring (bicyclic) bond motifs is 1. The number of aromatic nitrogens is 2. The largest absolute Gasteiger partial charge is 0.306 e. The van der Waals surface area contributed by atoms with Gasteiger partial charge < -0.3 is 4.90 Å². The summed E-state index contributed by atoms with van der Waals surface area (Å²) in [5.41, 5.74) is 1.70. The maximum absolute atomic E-state index is 11.5. The highest BCUT2D eigenvalue weighted by Gasteiger charge is 2.30. The van der Waals surface area contributed by atoms with Gasteiger partial charge in [-0.05, 0) is 13.8 Å². The first-order valence-electron chi connectivity index (χ1n) is 4.31. The van der Waals surface area contributed by atoms with Gasteiger partial charge >= 0.3 is 0 Å². The number of rotatable bonds is 1. The average molecular weight is 177 g/mol. The molecule has 0 radical (unpaired) electrons. The van der Waals surface area contributed by atoms with E-state index < -0.39 is 0 Å². The first-order chi connectivity index (χ1) is 6.20. The minimum atomic E-state index is 0.116. The van der Waals surface area contributed by atoms with Crippen molar-refractivity contribution in [3.8, 4) is 0 Å². The number of amides is 1. The maximum atomic E-state index is 11.5. The molecular weight excluding hydrogens is 166 g/mol. The van der Waals surface area contributed by atoms with Crippen molar-refractivity contribution >= 4 is 11.6 Å². The Kier molecular flexibility index (Phi) is 1.76. The van der Waals surface area contributed by atoms with E-state index in [-0.39, 0.29) is 11.9 Å². The zero-order chi connectivity index (χ0) is 9.42. The van der Waals surface area contributed by atoms with Crippen LogP contribution in [0.1, 0.15) is 19.5 Å². The Morgan fingerprint density at radius 3 is 3.00 bits per heavy atom. The summed E-state index contributed by atoms with van der Waals surface area (Å²) < 4.78 is 0. The smallest absolute Gasteiger partial charge is 0.233 e. The lowest BCUT2D eigenvalue weighted by molar-refractivity contribution is -0.117. The van der Waals surface area contributed by atoms with E-state index in [2.05, 4.69) is 9.97 Å². The molecular formula is C9H11N3O. The van der Waals surface area contributed by atoms with Crippen LogP contribution >= 0.6 is 0 Å². The predicted octanol–water partition coefficient (Wildman–Crippen LogP) is 0.774. The molecule has 13 heavy (non-hydrogen) atoms. The molecule has 1 amide bonds. The molecule has 1 aromatic rings. The van der Waals surface area contributed by atoms with E-state index in [4.69, 9.17) is 0 Å². The quantitative estimate of drug-likeness (QED) is 0.636. The first-order valence-corrected chi connectivity index (χ1v) is 4.31. The number of nitrogens with zero attached hydrogens (tertiary/aromatic N) is 3. The molecule has 0 fully saturated rings. The van der Waals surface area contributed by atoms with Crippen molar-refractivity contribution in [1.29, 1.82) is 0 Å². The summed E-state index contributed by atoms with van der Waals surface area (Å²) in [4.78, 5) is 21.3. The Bertz CT molecular complexity index is 348. The van der Waals surface area contributed by atoms with Crippen molar-refractivity contribution in [3.05, 3.63) is 18.2 Å². The second-order valence-electron chi connectivity index (χ2n) is 3.39. The van der Waals surface area contributed by atoms with Gasteiger partial charge in [0.25, 0.3) is 0 Å². The fourth-order valence-electron chi connectivity index (χ4n) is 1.61. The van der Waals surface area contributed by atoms with Gasteiger partial charge in [0.1, 0.15) is 6.33 Å². The molecule has 0 atom stereocenters. The third-order valence-corrected chi connectivity index (χ3v) is 2.14. The van der Waals surface area contributed by atoms with Crippen molar-refractivity contribution in [3.63, 3.8) is 0 Å². The maximum Gasteiger partial charge on any atom is 0.233 e. The number of hydrogen-bond donors (Lipinski definition) is 0. The lowest BCUT2D eigenvalue weighted by atomic mass is 10.3. The Balaban J connectivity index is 2.46. The normalized spacial score (nSPS) is 15.3. The Hall–Kier alpha value is -1.45. The van der Waals surface area contributed by atoms with Gasteiger partial charge in [0.15, 0.2) is 0 Å². The summed E-state index contributed by atoms with van der Waals surface area (Å²) in [5.74, 6) is 0.116. The van der Waals surface area contributed by atoms with Gasteiger partial charge in [-0.3, -0.25) is 4.79 Å². The van der Waals surface area contributed by atoms with E-state index in [0.717, 1.165) is 11.4 Å². The van der Waals surface area contributed by atoms with E-state index in [1.165, 1.54) is 6.33 Å². The van der Waals surface area contributed by atoms with Crippen LogP contribution in [0.4, 0.5) is 5.69 Å². The average Bonchev–Trinajstić information content (AvgIpc) is 2.39. The van der Waals surface area contributed by atoms with Gasteiger partial charge in [-0.15, -0.1) is 0 Å². The highest BCUT2D eigenvalue weighted by molar-refractivity contribution is 6.00. The molecule has 0 N–H and O–H groups in total. The predicted molar refractivity (Wildman–Crippen MR) is 48.4 cm³/mol. The van der Waals surface area contributed by atoms with E-state index in [1.807, 2.05) is 13.8 Å². The van der Waals surface area contributed by atoms with Gasteiger partial charge in [0.2, 0.25) is 5.91 Å². The molecule has 0 aromatic carbocycles. The molecule has 0 aliphatic carbocycles. The lowest BCUT2D eigenvalue weighted by Gasteiger charge is -2.20.